The second-order valence-corrected chi connectivity index (χ2v) is 4.57. The monoisotopic (exact) mass is 241 g/mol. The number of likely N-dealkylation sites (N-methyl/N-ethyl adjacent to an activating group) is 1. The van der Waals surface area contributed by atoms with Gasteiger partial charge in [-0.05, 0) is 33.1 Å². The second-order valence-electron chi connectivity index (χ2n) is 4.57. The molecule has 0 saturated carbocycles. The van der Waals surface area contributed by atoms with Crippen molar-refractivity contribution in [3.63, 3.8) is 0 Å². The van der Waals surface area contributed by atoms with Crippen molar-refractivity contribution in [3.8, 4) is 0 Å². The van der Waals surface area contributed by atoms with Crippen LogP contribution in [0.1, 0.15) is 33.1 Å². The molecule has 17 heavy (non-hydrogen) atoms. The minimum atomic E-state index is -0.450. The van der Waals surface area contributed by atoms with Crippen molar-refractivity contribution in [2.75, 3.05) is 26.7 Å². The van der Waals surface area contributed by atoms with Gasteiger partial charge in [0.05, 0.1) is 0 Å². The molecule has 0 aliphatic carbocycles. The number of carbonyl (C=O) groups is 2. The third-order valence-electron chi connectivity index (χ3n) is 3.20. The molecule has 5 nitrogen and oxygen atoms in total. The first-order valence-corrected chi connectivity index (χ1v) is 6.36. The van der Waals surface area contributed by atoms with Crippen LogP contribution >= 0.6 is 0 Å². The van der Waals surface area contributed by atoms with Gasteiger partial charge in [0, 0.05) is 26.7 Å². The Labute approximate surface area is 103 Å². The Morgan fingerprint density at radius 3 is 2.41 bits per heavy atom. The van der Waals surface area contributed by atoms with Gasteiger partial charge in [0.2, 0.25) is 5.91 Å². The summed E-state index contributed by atoms with van der Waals surface area (Å²) < 4.78 is 0. The predicted molar refractivity (Wildman–Crippen MR) is 66.7 cm³/mol. The van der Waals surface area contributed by atoms with Crippen LogP contribution < -0.4 is 5.32 Å². The van der Waals surface area contributed by atoms with Gasteiger partial charge in [-0.1, -0.05) is 0 Å². The van der Waals surface area contributed by atoms with E-state index in [2.05, 4.69) is 5.32 Å². The van der Waals surface area contributed by atoms with Gasteiger partial charge in [-0.3, -0.25) is 4.79 Å². The van der Waals surface area contributed by atoms with E-state index in [4.69, 9.17) is 0 Å². The summed E-state index contributed by atoms with van der Waals surface area (Å²) in [6.07, 6.45) is 3.31. The van der Waals surface area contributed by atoms with E-state index in [0.717, 1.165) is 25.9 Å². The first-order valence-electron chi connectivity index (χ1n) is 6.36. The molecular formula is C12H23N3O2. The molecule has 1 atom stereocenters. The third kappa shape index (κ3) is 3.91. The number of hydrogen-bond acceptors (Lipinski definition) is 2. The maximum absolute atomic E-state index is 11.9. The molecule has 1 heterocycles. The van der Waals surface area contributed by atoms with Crippen molar-refractivity contribution >= 4 is 11.9 Å². The van der Waals surface area contributed by atoms with Crippen molar-refractivity contribution in [3.05, 3.63) is 0 Å². The van der Waals surface area contributed by atoms with Gasteiger partial charge >= 0.3 is 6.03 Å². The second kappa shape index (κ2) is 6.47. The standard InChI is InChI=1S/C12H23N3O2/c1-4-14(3)11(16)10(2)13-12(17)15-8-6-5-7-9-15/h10H,4-9H2,1-3H3,(H,13,17). The van der Waals surface area contributed by atoms with Crippen LogP contribution in [0.15, 0.2) is 0 Å². The van der Waals surface area contributed by atoms with Gasteiger partial charge in [0.1, 0.15) is 6.04 Å². The van der Waals surface area contributed by atoms with E-state index >= 15 is 0 Å². The van der Waals surface area contributed by atoms with E-state index in [1.807, 2.05) is 6.92 Å². The van der Waals surface area contributed by atoms with Crippen molar-refractivity contribution in [1.29, 1.82) is 0 Å². The summed E-state index contributed by atoms with van der Waals surface area (Å²) >= 11 is 0. The number of amides is 3. The smallest absolute Gasteiger partial charge is 0.318 e. The topological polar surface area (TPSA) is 52.7 Å². The lowest BCUT2D eigenvalue weighted by molar-refractivity contribution is -0.131. The number of hydrogen-bond donors (Lipinski definition) is 1. The Morgan fingerprint density at radius 1 is 1.29 bits per heavy atom. The molecule has 0 spiro atoms. The average molecular weight is 241 g/mol. The Hall–Kier alpha value is -1.26. The number of nitrogens with zero attached hydrogens (tertiary/aromatic N) is 2. The summed E-state index contributed by atoms with van der Waals surface area (Å²) in [6, 6.07) is -0.565. The molecule has 0 aromatic carbocycles. The highest BCUT2D eigenvalue weighted by Crippen LogP contribution is 2.08. The van der Waals surface area contributed by atoms with Crippen LogP contribution in [-0.2, 0) is 4.79 Å². The molecule has 0 aromatic rings. The van der Waals surface area contributed by atoms with Crippen LogP contribution in [0.3, 0.4) is 0 Å². The summed E-state index contributed by atoms with van der Waals surface area (Å²) in [6.45, 7) is 5.91. The Bertz CT molecular complexity index is 275. The summed E-state index contributed by atoms with van der Waals surface area (Å²) in [5.41, 5.74) is 0. The first-order chi connectivity index (χ1) is 8.06. The molecule has 0 aromatic heterocycles. The highest BCUT2D eigenvalue weighted by Gasteiger charge is 2.22. The molecule has 1 N–H and O–H groups in total. The normalized spacial score (nSPS) is 17.5. The minimum absolute atomic E-state index is 0.0436. The molecule has 0 radical (unpaired) electrons. The quantitative estimate of drug-likeness (QED) is 0.803. The van der Waals surface area contributed by atoms with Crippen LogP contribution in [0.25, 0.3) is 0 Å². The van der Waals surface area contributed by atoms with Crippen LogP contribution in [-0.4, -0.2) is 54.5 Å². The maximum Gasteiger partial charge on any atom is 0.318 e. The van der Waals surface area contributed by atoms with Crippen LogP contribution in [0.5, 0.6) is 0 Å². The number of carbonyl (C=O) groups excluding carboxylic acids is 2. The lowest BCUT2D eigenvalue weighted by Crippen LogP contribution is -2.51. The van der Waals surface area contributed by atoms with E-state index in [1.54, 1.807) is 23.8 Å². The maximum atomic E-state index is 11.9. The molecule has 98 valence electrons. The predicted octanol–water partition coefficient (Wildman–Crippen LogP) is 1.05. The fraction of sp³-hybridized carbons (Fsp3) is 0.833. The number of urea groups is 1. The SMILES string of the molecule is CCN(C)C(=O)C(C)NC(=O)N1CCCCC1. The zero-order valence-electron chi connectivity index (χ0n) is 11.0. The van der Waals surface area contributed by atoms with Crippen molar-refractivity contribution in [1.82, 2.24) is 15.1 Å². The van der Waals surface area contributed by atoms with Crippen LogP contribution in [0, 0.1) is 0 Å². The molecular weight excluding hydrogens is 218 g/mol. The Kier molecular flexibility index (Phi) is 5.25. The zero-order chi connectivity index (χ0) is 12.8. The van der Waals surface area contributed by atoms with Crippen molar-refractivity contribution < 1.29 is 9.59 Å². The van der Waals surface area contributed by atoms with Gasteiger partial charge in [0.25, 0.3) is 0 Å². The number of piperidine rings is 1. The molecule has 1 aliphatic heterocycles. The summed E-state index contributed by atoms with van der Waals surface area (Å²) in [7, 11) is 1.74. The van der Waals surface area contributed by atoms with E-state index < -0.39 is 6.04 Å². The number of likely N-dealkylation sites (tertiary alicyclic amines) is 1. The molecule has 1 unspecified atom stereocenters. The Balaban J connectivity index is 2.41. The van der Waals surface area contributed by atoms with Crippen LogP contribution in [0.4, 0.5) is 4.79 Å². The molecule has 1 fully saturated rings. The Morgan fingerprint density at radius 2 is 1.88 bits per heavy atom. The highest BCUT2D eigenvalue weighted by molar-refractivity contribution is 5.86. The third-order valence-corrected chi connectivity index (χ3v) is 3.20. The fourth-order valence-electron chi connectivity index (χ4n) is 1.92. The molecule has 5 heteroatoms. The summed E-state index contributed by atoms with van der Waals surface area (Å²) in [5.74, 6) is -0.0436. The van der Waals surface area contributed by atoms with Gasteiger partial charge in [-0.15, -0.1) is 0 Å². The largest absolute Gasteiger partial charge is 0.344 e. The van der Waals surface area contributed by atoms with Crippen molar-refractivity contribution in [2.24, 2.45) is 0 Å². The summed E-state index contributed by atoms with van der Waals surface area (Å²) in [5, 5.41) is 2.76. The van der Waals surface area contributed by atoms with E-state index in [-0.39, 0.29) is 11.9 Å². The highest BCUT2D eigenvalue weighted by atomic mass is 16.2. The van der Waals surface area contributed by atoms with Gasteiger partial charge < -0.3 is 15.1 Å². The van der Waals surface area contributed by atoms with Gasteiger partial charge in [0.15, 0.2) is 0 Å². The molecule has 0 bridgehead atoms. The van der Waals surface area contributed by atoms with E-state index in [1.165, 1.54) is 6.42 Å². The minimum Gasteiger partial charge on any atom is -0.344 e. The fourth-order valence-corrected chi connectivity index (χ4v) is 1.92. The lowest BCUT2D eigenvalue weighted by atomic mass is 10.1. The van der Waals surface area contributed by atoms with Gasteiger partial charge in [-0.2, -0.15) is 0 Å². The molecule has 1 rings (SSSR count). The van der Waals surface area contributed by atoms with Gasteiger partial charge in [-0.25, -0.2) is 4.79 Å². The number of rotatable bonds is 3. The van der Waals surface area contributed by atoms with Crippen LogP contribution in [0.2, 0.25) is 0 Å². The average Bonchev–Trinajstić information content (AvgIpc) is 2.37. The van der Waals surface area contributed by atoms with E-state index in [0.29, 0.717) is 6.54 Å². The van der Waals surface area contributed by atoms with E-state index in [9.17, 15) is 9.59 Å². The lowest BCUT2D eigenvalue weighted by Gasteiger charge is -2.29. The van der Waals surface area contributed by atoms with Crippen molar-refractivity contribution in [2.45, 2.75) is 39.2 Å². The molecule has 1 aliphatic rings. The zero-order valence-corrected chi connectivity index (χ0v) is 11.0. The molecule has 3 amide bonds. The number of nitrogens with one attached hydrogen (secondary N) is 1. The first kappa shape index (κ1) is 13.8. The molecule has 1 saturated heterocycles. The summed E-state index contributed by atoms with van der Waals surface area (Å²) in [4.78, 5) is 27.1.